The molecule has 3 atom stereocenters. The Morgan fingerprint density at radius 3 is 2.61 bits per heavy atom. The van der Waals surface area contributed by atoms with E-state index in [9.17, 15) is 0 Å². The van der Waals surface area contributed by atoms with Crippen LogP contribution in [0, 0.1) is 0 Å². The van der Waals surface area contributed by atoms with E-state index in [4.69, 9.17) is 4.42 Å². The number of hydrogen-bond donors (Lipinski definition) is 2. The molecule has 1 aromatic carbocycles. The number of guanidine groups is 1. The van der Waals surface area contributed by atoms with Gasteiger partial charge in [0.2, 0.25) is 0 Å². The van der Waals surface area contributed by atoms with Crippen LogP contribution in [-0.2, 0) is 6.54 Å². The second-order valence-corrected chi connectivity index (χ2v) is 8.90. The molecule has 6 nitrogen and oxygen atoms in total. The molecule has 31 heavy (non-hydrogen) atoms. The Labute approximate surface area is 186 Å². The molecule has 0 aliphatic carbocycles. The lowest BCUT2D eigenvalue weighted by molar-refractivity contribution is 0.134. The summed E-state index contributed by atoms with van der Waals surface area (Å²) >= 11 is 0. The maximum atomic E-state index is 5.75. The van der Waals surface area contributed by atoms with Gasteiger partial charge in [-0.05, 0) is 63.4 Å². The zero-order valence-electron chi connectivity index (χ0n) is 19.0. The molecule has 0 saturated carbocycles. The fourth-order valence-corrected chi connectivity index (χ4v) is 4.93. The van der Waals surface area contributed by atoms with Crippen molar-refractivity contribution in [3.8, 4) is 0 Å². The SMILES string of the molecule is CN=C(NCC(c1ccco1)N1CCCC1)NC1CCN(Cc2ccccc2)C(C)C1. The lowest BCUT2D eigenvalue weighted by Gasteiger charge is -2.38. The van der Waals surface area contributed by atoms with E-state index in [1.165, 1.54) is 18.4 Å². The molecule has 6 heteroatoms. The lowest BCUT2D eigenvalue weighted by Crippen LogP contribution is -2.52. The Balaban J connectivity index is 1.28. The smallest absolute Gasteiger partial charge is 0.191 e. The van der Waals surface area contributed by atoms with Crippen LogP contribution >= 0.6 is 0 Å². The van der Waals surface area contributed by atoms with Crippen molar-refractivity contribution in [1.82, 2.24) is 20.4 Å². The van der Waals surface area contributed by atoms with Crippen LogP contribution in [0.2, 0.25) is 0 Å². The van der Waals surface area contributed by atoms with E-state index >= 15 is 0 Å². The highest BCUT2D eigenvalue weighted by molar-refractivity contribution is 5.80. The van der Waals surface area contributed by atoms with Gasteiger partial charge < -0.3 is 15.1 Å². The van der Waals surface area contributed by atoms with Crippen molar-refractivity contribution in [3.63, 3.8) is 0 Å². The first-order chi connectivity index (χ1) is 15.2. The number of nitrogens with zero attached hydrogens (tertiary/aromatic N) is 3. The van der Waals surface area contributed by atoms with Gasteiger partial charge in [-0.25, -0.2) is 0 Å². The highest BCUT2D eigenvalue weighted by Gasteiger charge is 2.28. The molecular formula is C25H37N5O. The summed E-state index contributed by atoms with van der Waals surface area (Å²) in [5.41, 5.74) is 1.39. The summed E-state index contributed by atoms with van der Waals surface area (Å²) in [5, 5.41) is 7.25. The molecular weight excluding hydrogens is 386 g/mol. The molecule has 2 aromatic rings. The van der Waals surface area contributed by atoms with Crippen molar-refractivity contribution in [2.24, 2.45) is 4.99 Å². The molecule has 1 aromatic heterocycles. The van der Waals surface area contributed by atoms with Gasteiger partial charge in [0.25, 0.3) is 0 Å². The van der Waals surface area contributed by atoms with Crippen molar-refractivity contribution < 1.29 is 4.42 Å². The topological polar surface area (TPSA) is 56.0 Å². The molecule has 168 valence electrons. The molecule has 4 rings (SSSR count). The van der Waals surface area contributed by atoms with Crippen LogP contribution in [0.1, 0.15) is 50.0 Å². The number of furan rings is 1. The van der Waals surface area contributed by atoms with Crippen molar-refractivity contribution in [1.29, 1.82) is 0 Å². The molecule has 2 saturated heterocycles. The summed E-state index contributed by atoms with van der Waals surface area (Å²) in [6, 6.07) is 16.1. The standard InChI is InChI=1S/C25H37N5O/c1-20-17-22(12-15-30(20)19-21-9-4-3-5-10-21)28-25(26-2)27-18-23(24-11-8-16-31-24)29-13-6-7-14-29/h3-5,8-11,16,20,22-23H,6-7,12-15,17-19H2,1-2H3,(H2,26,27,28). The van der Waals surface area contributed by atoms with E-state index in [-0.39, 0.29) is 6.04 Å². The van der Waals surface area contributed by atoms with Crippen LogP contribution in [0.4, 0.5) is 0 Å². The predicted octanol–water partition coefficient (Wildman–Crippen LogP) is 3.63. The van der Waals surface area contributed by atoms with Gasteiger partial charge in [0.15, 0.2) is 5.96 Å². The molecule has 3 heterocycles. The number of benzene rings is 1. The third-order valence-electron chi connectivity index (χ3n) is 6.72. The van der Waals surface area contributed by atoms with Crippen LogP contribution < -0.4 is 10.6 Å². The average Bonchev–Trinajstić information content (AvgIpc) is 3.51. The van der Waals surface area contributed by atoms with Gasteiger partial charge in [-0.2, -0.15) is 0 Å². The van der Waals surface area contributed by atoms with Crippen molar-refractivity contribution >= 4 is 5.96 Å². The molecule has 0 amide bonds. The molecule has 2 aliphatic rings. The first-order valence-corrected chi connectivity index (χ1v) is 11.8. The van der Waals surface area contributed by atoms with Crippen LogP contribution in [0.5, 0.6) is 0 Å². The number of aliphatic imine (C=N–C) groups is 1. The monoisotopic (exact) mass is 423 g/mol. The molecule has 2 aliphatic heterocycles. The zero-order valence-corrected chi connectivity index (χ0v) is 19.0. The summed E-state index contributed by atoms with van der Waals surface area (Å²) in [7, 11) is 1.86. The van der Waals surface area contributed by atoms with Gasteiger partial charge in [-0.3, -0.25) is 14.8 Å². The van der Waals surface area contributed by atoms with E-state index in [0.29, 0.717) is 12.1 Å². The Morgan fingerprint density at radius 1 is 1.13 bits per heavy atom. The van der Waals surface area contributed by atoms with Crippen molar-refractivity contribution in [3.05, 3.63) is 60.1 Å². The summed E-state index contributed by atoms with van der Waals surface area (Å²) in [5.74, 6) is 1.93. The second kappa shape index (κ2) is 10.8. The number of rotatable bonds is 7. The first kappa shape index (κ1) is 21.9. The Kier molecular flexibility index (Phi) is 7.65. The summed E-state index contributed by atoms with van der Waals surface area (Å²) in [6.07, 6.45) is 6.57. The normalized spacial score (nSPS) is 24.3. The molecule has 2 fully saturated rings. The van der Waals surface area contributed by atoms with E-state index in [1.807, 2.05) is 13.1 Å². The van der Waals surface area contributed by atoms with Crippen LogP contribution in [-0.4, -0.2) is 61.1 Å². The maximum absolute atomic E-state index is 5.75. The first-order valence-electron chi connectivity index (χ1n) is 11.8. The number of nitrogens with one attached hydrogen (secondary N) is 2. The predicted molar refractivity (Wildman–Crippen MR) is 126 cm³/mol. The fraction of sp³-hybridized carbons (Fsp3) is 0.560. The summed E-state index contributed by atoms with van der Waals surface area (Å²) in [4.78, 5) is 9.61. The van der Waals surface area contributed by atoms with E-state index in [1.54, 1.807) is 6.26 Å². The van der Waals surface area contributed by atoms with Gasteiger partial charge in [-0.1, -0.05) is 30.3 Å². The summed E-state index contributed by atoms with van der Waals surface area (Å²) in [6.45, 7) is 7.55. The third kappa shape index (κ3) is 5.89. The number of hydrogen-bond acceptors (Lipinski definition) is 4. The second-order valence-electron chi connectivity index (χ2n) is 8.90. The highest BCUT2D eigenvalue weighted by atomic mass is 16.3. The fourth-order valence-electron chi connectivity index (χ4n) is 4.93. The largest absolute Gasteiger partial charge is 0.468 e. The van der Waals surface area contributed by atoms with E-state index in [0.717, 1.165) is 57.3 Å². The third-order valence-corrected chi connectivity index (χ3v) is 6.72. The molecule has 3 unspecified atom stereocenters. The minimum atomic E-state index is 0.252. The summed E-state index contributed by atoms with van der Waals surface area (Å²) < 4.78 is 5.75. The lowest BCUT2D eigenvalue weighted by atomic mass is 9.97. The van der Waals surface area contributed by atoms with Gasteiger partial charge in [0.05, 0.1) is 12.3 Å². The maximum Gasteiger partial charge on any atom is 0.191 e. The Bertz CT molecular complexity index is 801. The molecule has 0 radical (unpaired) electrons. The molecule has 2 N–H and O–H groups in total. The van der Waals surface area contributed by atoms with Crippen molar-refractivity contribution in [2.75, 3.05) is 33.2 Å². The zero-order chi connectivity index (χ0) is 21.5. The quantitative estimate of drug-likeness (QED) is 0.526. The molecule has 0 spiro atoms. The molecule has 0 bridgehead atoms. The van der Waals surface area contributed by atoms with Crippen molar-refractivity contribution in [2.45, 2.75) is 57.3 Å². The highest BCUT2D eigenvalue weighted by Crippen LogP contribution is 2.25. The van der Waals surface area contributed by atoms with Crippen LogP contribution in [0.25, 0.3) is 0 Å². The van der Waals surface area contributed by atoms with Gasteiger partial charge in [-0.15, -0.1) is 0 Å². The van der Waals surface area contributed by atoms with Gasteiger partial charge in [0, 0.05) is 38.8 Å². The minimum Gasteiger partial charge on any atom is -0.468 e. The van der Waals surface area contributed by atoms with Crippen LogP contribution in [0.15, 0.2) is 58.1 Å². The number of likely N-dealkylation sites (tertiary alicyclic amines) is 2. The van der Waals surface area contributed by atoms with E-state index < -0.39 is 0 Å². The van der Waals surface area contributed by atoms with Crippen LogP contribution in [0.3, 0.4) is 0 Å². The minimum absolute atomic E-state index is 0.252. The number of piperidine rings is 1. The average molecular weight is 424 g/mol. The van der Waals surface area contributed by atoms with Gasteiger partial charge in [0.1, 0.15) is 5.76 Å². The van der Waals surface area contributed by atoms with Gasteiger partial charge >= 0.3 is 0 Å². The Hall–Kier alpha value is -2.31. The Morgan fingerprint density at radius 2 is 1.94 bits per heavy atom. The van der Waals surface area contributed by atoms with E-state index in [2.05, 4.69) is 68.7 Å².